The SMILES string of the molecule is C=CC(=O)Nc1ccc(OC)c(Nc2ncc(C(F)(F)F)c(Cl)n2)c1. The first-order valence-corrected chi connectivity index (χ1v) is 7.10. The van der Waals surface area contributed by atoms with Crippen LogP contribution < -0.4 is 15.4 Å². The number of hydrogen-bond acceptors (Lipinski definition) is 5. The van der Waals surface area contributed by atoms with Gasteiger partial charge in [-0.25, -0.2) is 9.97 Å². The molecule has 132 valence electrons. The van der Waals surface area contributed by atoms with Gasteiger partial charge in [0.25, 0.3) is 0 Å². The van der Waals surface area contributed by atoms with Crippen molar-refractivity contribution in [3.63, 3.8) is 0 Å². The van der Waals surface area contributed by atoms with Crippen LogP contribution in [0.2, 0.25) is 5.15 Å². The summed E-state index contributed by atoms with van der Waals surface area (Å²) in [5, 5.41) is 4.50. The van der Waals surface area contributed by atoms with Crippen LogP contribution in [0, 0.1) is 0 Å². The smallest absolute Gasteiger partial charge is 0.420 e. The highest BCUT2D eigenvalue weighted by atomic mass is 35.5. The molecular weight excluding hydrogens is 361 g/mol. The molecule has 0 aliphatic heterocycles. The molecule has 1 heterocycles. The number of carbonyl (C=O) groups is 1. The first kappa shape index (κ1) is 18.5. The quantitative estimate of drug-likeness (QED) is 0.612. The fourth-order valence-electron chi connectivity index (χ4n) is 1.81. The molecule has 1 amide bonds. The molecule has 0 spiro atoms. The van der Waals surface area contributed by atoms with Crippen LogP contribution in [0.5, 0.6) is 5.75 Å². The Balaban J connectivity index is 2.32. The van der Waals surface area contributed by atoms with Crippen LogP contribution in [0.4, 0.5) is 30.5 Å². The third-order valence-corrected chi connectivity index (χ3v) is 3.23. The molecule has 0 unspecified atom stereocenters. The van der Waals surface area contributed by atoms with Gasteiger partial charge in [-0.15, -0.1) is 0 Å². The lowest BCUT2D eigenvalue weighted by molar-refractivity contribution is -0.138. The summed E-state index contributed by atoms with van der Waals surface area (Å²) in [6.07, 6.45) is -2.98. The minimum atomic E-state index is -4.65. The summed E-state index contributed by atoms with van der Waals surface area (Å²) in [4.78, 5) is 18.5. The largest absolute Gasteiger partial charge is 0.495 e. The minimum Gasteiger partial charge on any atom is -0.495 e. The first-order chi connectivity index (χ1) is 11.7. The van der Waals surface area contributed by atoms with Crippen molar-refractivity contribution in [1.29, 1.82) is 0 Å². The van der Waals surface area contributed by atoms with Crippen LogP contribution in [0.1, 0.15) is 5.56 Å². The fraction of sp³-hybridized carbons (Fsp3) is 0.133. The second-order valence-corrected chi connectivity index (χ2v) is 4.99. The monoisotopic (exact) mass is 372 g/mol. The van der Waals surface area contributed by atoms with Crippen molar-refractivity contribution in [1.82, 2.24) is 9.97 Å². The molecule has 6 nitrogen and oxygen atoms in total. The maximum atomic E-state index is 12.7. The van der Waals surface area contributed by atoms with Gasteiger partial charge in [0.05, 0.1) is 12.8 Å². The van der Waals surface area contributed by atoms with E-state index >= 15 is 0 Å². The first-order valence-electron chi connectivity index (χ1n) is 6.73. The Hall–Kier alpha value is -2.81. The Morgan fingerprint density at radius 3 is 2.68 bits per heavy atom. The number of nitrogens with one attached hydrogen (secondary N) is 2. The predicted molar refractivity (Wildman–Crippen MR) is 87.1 cm³/mol. The number of halogens is 4. The van der Waals surface area contributed by atoms with Crippen LogP contribution >= 0.6 is 11.6 Å². The molecule has 0 fully saturated rings. The maximum Gasteiger partial charge on any atom is 0.420 e. The van der Waals surface area contributed by atoms with Gasteiger partial charge in [0, 0.05) is 11.9 Å². The molecule has 0 bridgehead atoms. The molecular formula is C15H12ClF3N4O2. The Morgan fingerprint density at radius 2 is 2.12 bits per heavy atom. The minimum absolute atomic E-state index is 0.163. The summed E-state index contributed by atoms with van der Waals surface area (Å²) >= 11 is 5.56. The van der Waals surface area contributed by atoms with Crippen molar-refractivity contribution in [3.8, 4) is 5.75 Å². The highest BCUT2D eigenvalue weighted by molar-refractivity contribution is 6.30. The fourth-order valence-corrected chi connectivity index (χ4v) is 2.04. The summed E-state index contributed by atoms with van der Waals surface area (Å²) in [5.41, 5.74) is -0.412. The van der Waals surface area contributed by atoms with Crippen LogP contribution in [0.25, 0.3) is 0 Å². The van der Waals surface area contributed by atoms with Crippen LogP contribution in [-0.2, 0) is 11.0 Å². The summed E-state index contributed by atoms with van der Waals surface area (Å²) in [6, 6.07) is 4.62. The van der Waals surface area contributed by atoms with Crippen LogP contribution in [0.15, 0.2) is 37.1 Å². The average molecular weight is 373 g/mol. The third-order valence-electron chi connectivity index (χ3n) is 2.95. The van der Waals surface area contributed by atoms with Crippen molar-refractivity contribution in [2.75, 3.05) is 17.7 Å². The number of carbonyl (C=O) groups excluding carboxylic acids is 1. The number of anilines is 3. The number of hydrogen-bond donors (Lipinski definition) is 2. The zero-order valence-corrected chi connectivity index (χ0v) is 13.6. The van der Waals surface area contributed by atoms with E-state index in [1.165, 1.54) is 13.2 Å². The van der Waals surface area contributed by atoms with Crippen molar-refractivity contribution in [3.05, 3.63) is 47.8 Å². The summed E-state index contributed by atoms with van der Waals surface area (Å²) in [6.45, 7) is 3.34. The van der Waals surface area contributed by atoms with E-state index in [1.807, 2.05) is 0 Å². The summed E-state index contributed by atoms with van der Waals surface area (Å²) in [5.74, 6) is -0.232. The number of methoxy groups -OCH3 is 1. The molecule has 0 atom stereocenters. The zero-order valence-electron chi connectivity index (χ0n) is 12.8. The Morgan fingerprint density at radius 1 is 1.40 bits per heavy atom. The summed E-state index contributed by atoms with van der Waals surface area (Å²) in [7, 11) is 1.41. The van der Waals surface area contributed by atoms with Crippen molar-refractivity contribution in [2.45, 2.75) is 6.18 Å². The number of aromatic nitrogens is 2. The number of amides is 1. The lowest BCUT2D eigenvalue weighted by atomic mass is 10.2. The molecule has 2 N–H and O–H groups in total. The molecule has 0 radical (unpaired) electrons. The van der Waals surface area contributed by atoms with E-state index < -0.39 is 22.8 Å². The standard InChI is InChI=1S/C15H12ClF3N4O2/c1-3-12(24)21-8-4-5-11(25-2)10(6-8)22-14-20-7-9(13(16)23-14)15(17,18)19/h3-7H,1H2,2H3,(H,21,24)(H,20,22,23). The van der Waals surface area contributed by atoms with Crippen LogP contribution in [0.3, 0.4) is 0 Å². The molecule has 0 aliphatic rings. The van der Waals surface area contributed by atoms with E-state index in [0.717, 1.165) is 6.08 Å². The summed E-state index contributed by atoms with van der Waals surface area (Å²) < 4.78 is 43.2. The molecule has 0 saturated heterocycles. The Kier molecular flexibility index (Phi) is 5.48. The van der Waals surface area contributed by atoms with E-state index in [1.54, 1.807) is 12.1 Å². The average Bonchev–Trinajstić information content (AvgIpc) is 2.54. The normalized spacial score (nSPS) is 10.9. The molecule has 10 heteroatoms. The maximum absolute atomic E-state index is 12.7. The second-order valence-electron chi connectivity index (χ2n) is 4.63. The molecule has 1 aromatic heterocycles. The molecule has 2 aromatic rings. The Labute approximate surface area is 145 Å². The molecule has 2 rings (SSSR count). The number of nitrogens with zero attached hydrogens (tertiary/aromatic N) is 2. The van der Waals surface area contributed by atoms with Gasteiger partial charge in [-0.3, -0.25) is 4.79 Å². The van der Waals surface area contributed by atoms with E-state index in [0.29, 0.717) is 23.3 Å². The van der Waals surface area contributed by atoms with E-state index in [-0.39, 0.29) is 5.95 Å². The highest BCUT2D eigenvalue weighted by Gasteiger charge is 2.34. The second kappa shape index (κ2) is 7.39. The van der Waals surface area contributed by atoms with Gasteiger partial charge in [-0.05, 0) is 24.3 Å². The highest BCUT2D eigenvalue weighted by Crippen LogP contribution is 2.34. The molecule has 0 saturated carbocycles. The molecule has 1 aromatic carbocycles. The third kappa shape index (κ3) is 4.60. The van der Waals surface area contributed by atoms with E-state index in [9.17, 15) is 18.0 Å². The van der Waals surface area contributed by atoms with Gasteiger partial charge in [0.2, 0.25) is 11.9 Å². The number of alkyl halides is 3. The zero-order chi connectivity index (χ0) is 18.6. The predicted octanol–water partition coefficient (Wildman–Crippen LogP) is 4.03. The molecule has 25 heavy (non-hydrogen) atoms. The topological polar surface area (TPSA) is 76.1 Å². The van der Waals surface area contributed by atoms with E-state index in [4.69, 9.17) is 16.3 Å². The van der Waals surface area contributed by atoms with Gasteiger partial charge >= 0.3 is 6.18 Å². The van der Waals surface area contributed by atoms with Crippen molar-refractivity contribution in [2.24, 2.45) is 0 Å². The lowest BCUT2D eigenvalue weighted by Gasteiger charge is -2.13. The molecule has 0 aliphatic carbocycles. The van der Waals surface area contributed by atoms with Gasteiger partial charge < -0.3 is 15.4 Å². The van der Waals surface area contributed by atoms with Gasteiger partial charge in [0.1, 0.15) is 16.5 Å². The van der Waals surface area contributed by atoms with E-state index in [2.05, 4.69) is 27.2 Å². The van der Waals surface area contributed by atoms with Gasteiger partial charge in [0.15, 0.2) is 0 Å². The lowest BCUT2D eigenvalue weighted by Crippen LogP contribution is -2.10. The number of ether oxygens (including phenoxy) is 1. The Bertz CT molecular complexity index is 812. The number of benzene rings is 1. The van der Waals surface area contributed by atoms with Crippen molar-refractivity contribution < 1.29 is 22.7 Å². The van der Waals surface area contributed by atoms with Gasteiger partial charge in [-0.1, -0.05) is 18.2 Å². The number of rotatable bonds is 5. The van der Waals surface area contributed by atoms with Gasteiger partial charge in [-0.2, -0.15) is 13.2 Å². The van der Waals surface area contributed by atoms with Crippen LogP contribution in [-0.4, -0.2) is 23.0 Å². The van der Waals surface area contributed by atoms with Crippen molar-refractivity contribution >= 4 is 34.8 Å².